The summed E-state index contributed by atoms with van der Waals surface area (Å²) in [6.45, 7) is 5.93. The average Bonchev–Trinajstić information content (AvgIpc) is 3.26. The van der Waals surface area contributed by atoms with E-state index in [4.69, 9.17) is 0 Å². The number of aromatic nitrogens is 3. The zero-order valence-electron chi connectivity index (χ0n) is 18.3. The molecule has 1 aliphatic heterocycles. The Morgan fingerprint density at radius 2 is 1.88 bits per heavy atom. The van der Waals surface area contributed by atoms with Crippen molar-refractivity contribution in [3.63, 3.8) is 0 Å². The molecule has 1 saturated heterocycles. The fourth-order valence-electron chi connectivity index (χ4n) is 3.91. The quantitative estimate of drug-likeness (QED) is 0.659. The summed E-state index contributed by atoms with van der Waals surface area (Å²) in [4.78, 5) is 51.5. The summed E-state index contributed by atoms with van der Waals surface area (Å²) < 4.78 is 0. The zero-order chi connectivity index (χ0) is 22.8. The van der Waals surface area contributed by atoms with Gasteiger partial charge in [-0.15, -0.1) is 0 Å². The molecule has 1 aromatic carbocycles. The number of carbonyl (C=O) groups is 2. The third-order valence-electron chi connectivity index (χ3n) is 5.81. The van der Waals surface area contributed by atoms with Gasteiger partial charge in [0.25, 0.3) is 17.4 Å². The summed E-state index contributed by atoms with van der Waals surface area (Å²) in [6.07, 6.45) is 2.99. The van der Waals surface area contributed by atoms with Gasteiger partial charge in [-0.25, -0.2) is 9.97 Å². The summed E-state index contributed by atoms with van der Waals surface area (Å²) in [5.74, 6) is -0.143. The second-order valence-electron chi connectivity index (χ2n) is 8.02. The topological polar surface area (TPSA) is 108 Å². The zero-order valence-corrected chi connectivity index (χ0v) is 18.3. The van der Waals surface area contributed by atoms with Crippen molar-refractivity contribution in [2.75, 3.05) is 11.9 Å². The standard InChI is InChI=1S/C24H25N5O3/c1-14-12-18(22(30)27-15(14)2)24(32)29-11-7-10-20(29)21-25-13-19(16(3)26-21)23(31)28-17-8-5-4-6-9-17/h4-6,8-9,12-13,20H,7,10-11H2,1-3H3,(H,27,30)(H,28,31)/t20-/m1/s1. The highest BCUT2D eigenvalue weighted by Crippen LogP contribution is 2.31. The first kappa shape index (κ1) is 21.4. The predicted octanol–water partition coefficient (Wildman–Crippen LogP) is 3.32. The number of hydrogen-bond acceptors (Lipinski definition) is 5. The number of nitrogens with zero attached hydrogens (tertiary/aromatic N) is 3. The maximum atomic E-state index is 13.2. The highest BCUT2D eigenvalue weighted by Gasteiger charge is 2.34. The molecule has 4 rings (SSSR count). The minimum atomic E-state index is -0.395. The Morgan fingerprint density at radius 1 is 1.12 bits per heavy atom. The van der Waals surface area contributed by atoms with Crippen molar-refractivity contribution >= 4 is 17.5 Å². The largest absolute Gasteiger partial charge is 0.328 e. The molecule has 3 aromatic rings. The van der Waals surface area contributed by atoms with Gasteiger partial charge in [0.1, 0.15) is 5.56 Å². The van der Waals surface area contributed by atoms with Crippen LogP contribution in [0.3, 0.4) is 0 Å². The number of likely N-dealkylation sites (tertiary alicyclic amines) is 1. The monoisotopic (exact) mass is 431 g/mol. The number of nitrogens with one attached hydrogen (secondary N) is 2. The molecule has 1 aliphatic rings. The lowest BCUT2D eigenvalue weighted by Crippen LogP contribution is -2.35. The molecule has 0 spiro atoms. The summed E-state index contributed by atoms with van der Waals surface area (Å²) in [5.41, 5.74) is 2.92. The van der Waals surface area contributed by atoms with E-state index in [0.29, 0.717) is 35.7 Å². The summed E-state index contributed by atoms with van der Waals surface area (Å²) >= 11 is 0. The van der Waals surface area contributed by atoms with Gasteiger partial charge in [-0.2, -0.15) is 0 Å². The fraction of sp³-hybridized carbons (Fsp3) is 0.292. The molecule has 0 bridgehead atoms. The smallest absolute Gasteiger partial charge is 0.261 e. The number of para-hydroxylation sites is 1. The van der Waals surface area contributed by atoms with Gasteiger partial charge in [-0.3, -0.25) is 14.4 Å². The Kier molecular flexibility index (Phi) is 5.85. The van der Waals surface area contributed by atoms with Gasteiger partial charge in [-0.05, 0) is 57.4 Å². The van der Waals surface area contributed by atoms with Crippen molar-refractivity contribution in [2.24, 2.45) is 0 Å². The van der Waals surface area contributed by atoms with E-state index >= 15 is 0 Å². The van der Waals surface area contributed by atoms with Crippen molar-refractivity contribution in [2.45, 2.75) is 39.7 Å². The number of pyridine rings is 1. The van der Waals surface area contributed by atoms with E-state index in [1.807, 2.05) is 25.1 Å². The molecule has 0 unspecified atom stereocenters. The minimum absolute atomic E-state index is 0.121. The van der Waals surface area contributed by atoms with Crippen LogP contribution in [-0.4, -0.2) is 38.2 Å². The van der Waals surface area contributed by atoms with E-state index in [1.54, 1.807) is 36.9 Å². The van der Waals surface area contributed by atoms with Gasteiger partial charge in [0, 0.05) is 24.1 Å². The average molecular weight is 431 g/mol. The highest BCUT2D eigenvalue weighted by molar-refractivity contribution is 6.04. The van der Waals surface area contributed by atoms with Crippen LogP contribution in [0.25, 0.3) is 0 Å². The fourth-order valence-corrected chi connectivity index (χ4v) is 3.91. The van der Waals surface area contributed by atoms with Gasteiger partial charge in [-0.1, -0.05) is 18.2 Å². The molecule has 164 valence electrons. The number of aromatic amines is 1. The molecular formula is C24H25N5O3. The van der Waals surface area contributed by atoms with Gasteiger partial charge >= 0.3 is 0 Å². The number of amides is 2. The second-order valence-corrected chi connectivity index (χ2v) is 8.02. The molecule has 32 heavy (non-hydrogen) atoms. The number of anilines is 1. The first-order valence-electron chi connectivity index (χ1n) is 10.6. The number of aryl methyl sites for hydroxylation is 3. The van der Waals surface area contributed by atoms with E-state index in [1.165, 1.54) is 6.20 Å². The van der Waals surface area contributed by atoms with E-state index in [9.17, 15) is 14.4 Å². The lowest BCUT2D eigenvalue weighted by atomic mass is 10.1. The Balaban J connectivity index is 1.57. The van der Waals surface area contributed by atoms with E-state index in [0.717, 1.165) is 17.7 Å². The lowest BCUT2D eigenvalue weighted by Gasteiger charge is -2.24. The highest BCUT2D eigenvalue weighted by atomic mass is 16.2. The van der Waals surface area contributed by atoms with Crippen LogP contribution in [0.15, 0.2) is 47.4 Å². The Labute approximate surface area is 185 Å². The number of rotatable bonds is 4. The maximum Gasteiger partial charge on any atom is 0.261 e. The van der Waals surface area contributed by atoms with Crippen LogP contribution in [-0.2, 0) is 0 Å². The molecule has 2 N–H and O–H groups in total. The minimum Gasteiger partial charge on any atom is -0.328 e. The van der Waals surface area contributed by atoms with Gasteiger partial charge in [0.15, 0.2) is 5.82 Å². The molecule has 0 saturated carbocycles. The number of carbonyl (C=O) groups excluding carboxylic acids is 2. The third kappa shape index (κ3) is 4.16. The van der Waals surface area contributed by atoms with Gasteiger partial charge < -0.3 is 15.2 Å². The Bertz CT molecular complexity index is 1240. The summed E-state index contributed by atoms with van der Waals surface area (Å²) in [7, 11) is 0. The van der Waals surface area contributed by atoms with Crippen molar-refractivity contribution in [1.29, 1.82) is 0 Å². The molecule has 1 fully saturated rings. The van der Waals surface area contributed by atoms with Crippen LogP contribution >= 0.6 is 0 Å². The normalized spacial score (nSPS) is 15.6. The lowest BCUT2D eigenvalue weighted by molar-refractivity contribution is 0.0727. The number of hydrogen-bond donors (Lipinski definition) is 2. The molecule has 1 atom stereocenters. The van der Waals surface area contributed by atoms with Gasteiger partial charge in [0.2, 0.25) is 0 Å². The van der Waals surface area contributed by atoms with Crippen molar-refractivity contribution < 1.29 is 9.59 Å². The first-order chi connectivity index (χ1) is 15.3. The summed E-state index contributed by atoms with van der Waals surface area (Å²) in [6, 6.07) is 10.5. The van der Waals surface area contributed by atoms with E-state index < -0.39 is 5.56 Å². The Hall–Kier alpha value is -3.81. The SMILES string of the molecule is Cc1cc(C(=O)N2CCC[C@@H]2c2ncc(C(=O)Nc3ccccc3)c(C)n2)c(=O)[nH]c1C. The molecule has 8 nitrogen and oxygen atoms in total. The molecular weight excluding hydrogens is 406 g/mol. The molecule has 2 amide bonds. The molecule has 3 heterocycles. The number of benzene rings is 1. The Morgan fingerprint density at radius 3 is 2.59 bits per heavy atom. The molecule has 2 aromatic heterocycles. The van der Waals surface area contributed by atoms with Crippen molar-refractivity contribution in [3.8, 4) is 0 Å². The van der Waals surface area contributed by atoms with E-state index in [2.05, 4.69) is 20.3 Å². The van der Waals surface area contributed by atoms with Crippen molar-refractivity contribution in [1.82, 2.24) is 19.9 Å². The molecule has 0 aliphatic carbocycles. The number of H-pyrrole nitrogens is 1. The third-order valence-corrected chi connectivity index (χ3v) is 5.81. The first-order valence-corrected chi connectivity index (χ1v) is 10.6. The van der Waals surface area contributed by atoms with Crippen LogP contribution in [0.5, 0.6) is 0 Å². The van der Waals surface area contributed by atoms with Crippen LogP contribution in [0.4, 0.5) is 5.69 Å². The second kappa shape index (κ2) is 8.74. The van der Waals surface area contributed by atoms with Crippen LogP contribution in [0.2, 0.25) is 0 Å². The van der Waals surface area contributed by atoms with Crippen LogP contribution < -0.4 is 10.9 Å². The van der Waals surface area contributed by atoms with Crippen LogP contribution in [0.1, 0.15) is 62.4 Å². The van der Waals surface area contributed by atoms with Crippen LogP contribution in [0, 0.1) is 20.8 Å². The van der Waals surface area contributed by atoms with E-state index in [-0.39, 0.29) is 23.4 Å². The molecule has 8 heteroatoms. The summed E-state index contributed by atoms with van der Waals surface area (Å²) in [5, 5.41) is 2.83. The van der Waals surface area contributed by atoms with Gasteiger partial charge in [0.05, 0.1) is 17.3 Å². The van der Waals surface area contributed by atoms with Crippen molar-refractivity contribution in [3.05, 3.63) is 86.9 Å². The molecule has 0 radical (unpaired) electrons. The maximum absolute atomic E-state index is 13.2. The predicted molar refractivity (Wildman–Crippen MR) is 121 cm³/mol.